The molecule has 1 amide bonds. The minimum absolute atomic E-state index is 0.0591. The first-order chi connectivity index (χ1) is 4.66. The van der Waals surface area contributed by atoms with Gasteiger partial charge in [0.1, 0.15) is 0 Å². The Morgan fingerprint density at radius 1 is 1.70 bits per heavy atom. The Morgan fingerprint density at radius 3 is 2.70 bits per heavy atom. The Balaban J connectivity index is 3.35. The summed E-state index contributed by atoms with van der Waals surface area (Å²) in [5.74, 6) is -0.0819. The van der Waals surface area contributed by atoms with E-state index in [-0.39, 0.29) is 12.5 Å². The van der Waals surface area contributed by atoms with Crippen molar-refractivity contribution in [3.05, 3.63) is 12.3 Å². The summed E-state index contributed by atoms with van der Waals surface area (Å²) in [5.41, 5.74) is 0.642. The maximum absolute atomic E-state index is 10.7. The smallest absolute Gasteiger partial charge is 0.224 e. The number of amides is 1. The second-order valence-electron chi connectivity index (χ2n) is 2.16. The SMILES string of the molecule is C=C(C)NC(=O)CCCO. The first-order valence-corrected chi connectivity index (χ1v) is 3.23. The van der Waals surface area contributed by atoms with Crippen LogP contribution in [0.5, 0.6) is 0 Å². The first-order valence-electron chi connectivity index (χ1n) is 3.23. The lowest BCUT2D eigenvalue weighted by Crippen LogP contribution is -2.20. The lowest BCUT2D eigenvalue weighted by molar-refractivity contribution is -0.120. The summed E-state index contributed by atoms with van der Waals surface area (Å²) in [7, 11) is 0. The number of hydrogen-bond donors (Lipinski definition) is 2. The van der Waals surface area contributed by atoms with Gasteiger partial charge in [-0.3, -0.25) is 4.79 Å². The van der Waals surface area contributed by atoms with E-state index in [1.165, 1.54) is 0 Å². The number of aliphatic hydroxyl groups is 1. The van der Waals surface area contributed by atoms with Crippen LogP contribution in [0.15, 0.2) is 12.3 Å². The van der Waals surface area contributed by atoms with Crippen molar-refractivity contribution in [2.24, 2.45) is 0 Å². The molecule has 3 heteroatoms. The molecule has 0 atom stereocenters. The summed E-state index contributed by atoms with van der Waals surface area (Å²) >= 11 is 0. The topological polar surface area (TPSA) is 49.3 Å². The summed E-state index contributed by atoms with van der Waals surface area (Å²) in [6.07, 6.45) is 0.877. The molecule has 0 aromatic carbocycles. The van der Waals surface area contributed by atoms with E-state index >= 15 is 0 Å². The van der Waals surface area contributed by atoms with E-state index in [4.69, 9.17) is 5.11 Å². The summed E-state index contributed by atoms with van der Waals surface area (Å²) in [5, 5.41) is 10.9. The van der Waals surface area contributed by atoms with E-state index in [2.05, 4.69) is 11.9 Å². The molecule has 58 valence electrons. The van der Waals surface area contributed by atoms with Gasteiger partial charge in [-0.25, -0.2) is 0 Å². The quantitative estimate of drug-likeness (QED) is 0.598. The third-order valence-corrected chi connectivity index (χ3v) is 0.915. The van der Waals surface area contributed by atoms with Gasteiger partial charge in [-0.15, -0.1) is 0 Å². The van der Waals surface area contributed by atoms with Gasteiger partial charge in [-0.1, -0.05) is 6.58 Å². The molecular formula is C7H13NO2. The molecule has 0 heterocycles. The van der Waals surface area contributed by atoms with Gasteiger partial charge in [-0.05, 0) is 13.3 Å². The molecule has 0 saturated heterocycles. The predicted octanol–water partition coefficient (Wildman–Crippen LogP) is 0.409. The zero-order valence-corrected chi connectivity index (χ0v) is 6.18. The lowest BCUT2D eigenvalue weighted by atomic mass is 10.3. The Labute approximate surface area is 60.7 Å². The van der Waals surface area contributed by atoms with Gasteiger partial charge in [0, 0.05) is 18.7 Å². The highest BCUT2D eigenvalue weighted by molar-refractivity contribution is 5.77. The zero-order chi connectivity index (χ0) is 7.98. The minimum Gasteiger partial charge on any atom is -0.396 e. The first kappa shape index (κ1) is 9.17. The van der Waals surface area contributed by atoms with Crippen LogP contribution in [-0.2, 0) is 4.79 Å². The Hall–Kier alpha value is -0.830. The number of allylic oxidation sites excluding steroid dienone is 1. The van der Waals surface area contributed by atoms with Crippen molar-refractivity contribution >= 4 is 5.91 Å². The van der Waals surface area contributed by atoms with E-state index in [1.807, 2.05) is 0 Å². The van der Waals surface area contributed by atoms with Crippen molar-refractivity contribution < 1.29 is 9.90 Å². The third kappa shape index (κ3) is 5.31. The number of aliphatic hydroxyl groups excluding tert-OH is 1. The molecule has 3 nitrogen and oxygen atoms in total. The van der Waals surface area contributed by atoms with Gasteiger partial charge in [0.25, 0.3) is 0 Å². The molecule has 0 spiro atoms. The van der Waals surface area contributed by atoms with Gasteiger partial charge >= 0.3 is 0 Å². The highest BCUT2D eigenvalue weighted by atomic mass is 16.3. The van der Waals surface area contributed by atoms with Crippen molar-refractivity contribution in [3.63, 3.8) is 0 Å². The van der Waals surface area contributed by atoms with E-state index in [1.54, 1.807) is 6.92 Å². The van der Waals surface area contributed by atoms with Crippen LogP contribution < -0.4 is 5.32 Å². The standard InChI is InChI=1S/C7H13NO2/c1-6(2)8-7(10)4-3-5-9/h9H,1,3-5H2,2H3,(H,8,10). The number of nitrogens with one attached hydrogen (secondary N) is 1. The fourth-order valence-electron chi connectivity index (χ4n) is 0.540. The summed E-state index contributed by atoms with van der Waals surface area (Å²) in [6.45, 7) is 5.29. The maximum atomic E-state index is 10.7. The molecule has 0 aliphatic rings. The van der Waals surface area contributed by atoms with Crippen LogP contribution in [-0.4, -0.2) is 17.6 Å². The molecule has 0 aromatic heterocycles. The van der Waals surface area contributed by atoms with Crippen LogP contribution in [0.1, 0.15) is 19.8 Å². The molecule has 0 unspecified atom stereocenters. The van der Waals surface area contributed by atoms with Gasteiger partial charge in [-0.2, -0.15) is 0 Å². The monoisotopic (exact) mass is 143 g/mol. The highest BCUT2D eigenvalue weighted by Gasteiger charge is 1.97. The average Bonchev–Trinajstić information content (AvgIpc) is 1.82. The fraction of sp³-hybridized carbons (Fsp3) is 0.571. The second-order valence-corrected chi connectivity index (χ2v) is 2.16. The van der Waals surface area contributed by atoms with Crippen LogP contribution in [0, 0.1) is 0 Å². The molecule has 0 radical (unpaired) electrons. The van der Waals surface area contributed by atoms with Gasteiger partial charge in [0.2, 0.25) is 5.91 Å². The molecular weight excluding hydrogens is 130 g/mol. The van der Waals surface area contributed by atoms with Crippen LogP contribution in [0.4, 0.5) is 0 Å². The minimum atomic E-state index is -0.0819. The molecule has 0 rings (SSSR count). The third-order valence-electron chi connectivity index (χ3n) is 0.915. The van der Waals surface area contributed by atoms with Gasteiger partial charge in [0.05, 0.1) is 0 Å². The number of rotatable bonds is 4. The molecule has 0 fully saturated rings. The van der Waals surface area contributed by atoms with Crippen LogP contribution >= 0.6 is 0 Å². The van der Waals surface area contributed by atoms with Gasteiger partial charge < -0.3 is 10.4 Å². The number of carbonyl (C=O) groups excluding carboxylic acids is 1. The summed E-state index contributed by atoms with van der Waals surface area (Å²) in [6, 6.07) is 0. The average molecular weight is 143 g/mol. The zero-order valence-electron chi connectivity index (χ0n) is 6.18. The molecule has 10 heavy (non-hydrogen) atoms. The Bertz CT molecular complexity index is 132. The number of hydrogen-bond acceptors (Lipinski definition) is 2. The lowest BCUT2D eigenvalue weighted by Gasteiger charge is -2.00. The van der Waals surface area contributed by atoms with Crippen LogP contribution in [0.25, 0.3) is 0 Å². The highest BCUT2D eigenvalue weighted by Crippen LogP contribution is 1.88. The maximum Gasteiger partial charge on any atom is 0.224 e. The molecule has 0 aliphatic heterocycles. The van der Waals surface area contributed by atoms with E-state index in [0.29, 0.717) is 18.5 Å². The molecule has 2 N–H and O–H groups in total. The Morgan fingerprint density at radius 2 is 2.30 bits per heavy atom. The largest absolute Gasteiger partial charge is 0.396 e. The number of carbonyl (C=O) groups is 1. The summed E-state index contributed by atoms with van der Waals surface area (Å²) in [4.78, 5) is 10.7. The van der Waals surface area contributed by atoms with Crippen molar-refractivity contribution in [1.82, 2.24) is 5.32 Å². The van der Waals surface area contributed by atoms with Gasteiger partial charge in [0.15, 0.2) is 0 Å². The normalized spacial score (nSPS) is 9.00. The van der Waals surface area contributed by atoms with E-state index < -0.39 is 0 Å². The van der Waals surface area contributed by atoms with Crippen molar-refractivity contribution in [1.29, 1.82) is 0 Å². The van der Waals surface area contributed by atoms with Crippen molar-refractivity contribution in [2.75, 3.05) is 6.61 Å². The fourth-order valence-corrected chi connectivity index (χ4v) is 0.540. The van der Waals surface area contributed by atoms with E-state index in [9.17, 15) is 4.79 Å². The molecule has 0 saturated carbocycles. The van der Waals surface area contributed by atoms with Crippen molar-refractivity contribution in [3.8, 4) is 0 Å². The molecule has 0 aliphatic carbocycles. The van der Waals surface area contributed by atoms with E-state index in [0.717, 1.165) is 0 Å². The molecule has 0 bridgehead atoms. The second kappa shape index (κ2) is 4.99. The Kier molecular flexibility index (Phi) is 4.58. The van der Waals surface area contributed by atoms with Crippen LogP contribution in [0.3, 0.4) is 0 Å². The van der Waals surface area contributed by atoms with Crippen molar-refractivity contribution in [2.45, 2.75) is 19.8 Å². The summed E-state index contributed by atoms with van der Waals surface area (Å²) < 4.78 is 0. The predicted molar refractivity (Wildman–Crippen MR) is 39.3 cm³/mol. The van der Waals surface area contributed by atoms with Crippen LogP contribution in [0.2, 0.25) is 0 Å². The molecule has 0 aromatic rings.